The molecule has 1 aliphatic rings. The molecule has 172 valence electrons. The van der Waals surface area contributed by atoms with Crippen molar-refractivity contribution >= 4 is 35.0 Å². The van der Waals surface area contributed by atoms with Crippen LogP contribution in [0, 0.1) is 5.82 Å². The number of hydrogen-bond acceptors (Lipinski definition) is 2. The van der Waals surface area contributed by atoms with Gasteiger partial charge in [-0.2, -0.15) is 0 Å². The molecule has 2 aromatic rings. The summed E-state index contributed by atoms with van der Waals surface area (Å²) in [6.45, 7) is 2.08. The van der Waals surface area contributed by atoms with E-state index in [0.717, 1.165) is 25.7 Å². The van der Waals surface area contributed by atoms with Crippen LogP contribution in [0.4, 0.5) is 4.39 Å². The van der Waals surface area contributed by atoms with Crippen LogP contribution in [-0.2, 0) is 22.6 Å². The third-order valence-corrected chi connectivity index (χ3v) is 6.55. The van der Waals surface area contributed by atoms with Crippen LogP contribution in [0.25, 0.3) is 0 Å². The van der Waals surface area contributed by atoms with Crippen molar-refractivity contribution < 1.29 is 14.0 Å². The zero-order valence-corrected chi connectivity index (χ0v) is 19.8. The number of hydrogen-bond donors (Lipinski definition) is 1. The number of halogens is 3. The first-order chi connectivity index (χ1) is 15.4. The zero-order chi connectivity index (χ0) is 23.1. The molecule has 3 rings (SSSR count). The summed E-state index contributed by atoms with van der Waals surface area (Å²) in [7, 11) is 0. The van der Waals surface area contributed by atoms with Crippen LogP contribution >= 0.6 is 23.2 Å². The fourth-order valence-corrected chi connectivity index (χ4v) is 4.64. The highest BCUT2D eigenvalue weighted by Gasteiger charge is 2.30. The van der Waals surface area contributed by atoms with Crippen molar-refractivity contribution in [2.45, 2.75) is 70.5 Å². The first kappa shape index (κ1) is 24.5. The Morgan fingerprint density at radius 2 is 1.78 bits per heavy atom. The number of carbonyl (C=O) groups is 2. The number of nitrogens with one attached hydrogen (secondary N) is 1. The van der Waals surface area contributed by atoms with Gasteiger partial charge < -0.3 is 10.2 Å². The molecule has 0 heterocycles. The minimum Gasteiger partial charge on any atom is -0.352 e. The minimum absolute atomic E-state index is 0.0682. The Hall–Kier alpha value is -2.11. The third-order valence-electron chi connectivity index (χ3n) is 5.96. The molecular weight excluding hydrogens is 450 g/mol. The lowest BCUT2D eigenvalue weighted by Crippen LogP contribution is -2.52. The summed E-state index contributed by atoms with van der Waals surface area (Å²) < 4.78 is 13.3. The number of carbonyl (C=O) groups excluding carboxylic acids is 2. The van der Waals surface area contributed by atoms with Gasteiger partial charge in [0.15, 0.2) is 0 Å². The van der Waals surface area contributed by atoms with E-state index in [0.29, 0.717) is 27.6 Å². The molecule has 2 aromatic carbocycles. The van der Waals surface area contributed by atoms with Gasteiger partial charge in [-0.3, -0.25) is 9.59 Å². The van der Waals surface area contributed by atoms with Crippen LogP contribution in [-0.4, -0.2) is 28.8 Å². The van der Waals surface area contributed by atoms with Gasteiger partial charge in [0.2, 0.25) is 11.8 Å². The molecule has 1 saturated carbocycles. The van der Waals surface area contributed by atoms with Gasteiger partial charge in [-0.25, -0.2) is 4.39 Å². The second-order valence-corrected chi connectivity index (χ2v) is 9.17. The summed E-state index contributed by atoms with van der Waals surface area (Å²) >= 11 is 12.4. The molecule has 0 aromatic heterocycles. The molecule has 0 radical (unpaired) electrons. The monoisotopic (exact) mass is 478 g/mol. The van der Waals surface area contributed by atoms with E-state index in [-0.39, 0.29) is 36.6 Å². The van der Waals surface area contributed by atoms with E-state index >= 15 is 0 Å². The molecule has 0 saturated heterocycles. The molecule has 0 spiro atoms. The van der Waals surface area contributed by atoms with Crippen molar-refractivity contribution in [3.63, 3.8) is 0 Å². The average molecular weight is 479 g/mol. The molecule has 1 unspecified atom stereocenters. The SMILES string of the molecule is CCC(C(=O)NC1CCCCC1)N(Cc1ccc(Cl)cc1Cl)C(=O)Cc1ccc(F)cc1. The van der Waals surface area contributed by atoms with Crippen molar-refractivity contribution in [3.05, 3.63) is 69.5 Å². The van der Waals surface area contributed by atoms with Crippen LogP contribution in [0.5, 0.6) is 0 Å². The van der Waals surface area contributed by atoms with Gasteiger partial charge >= 0.3 is 0 Å². The van der Waals surface area contributed by atoms with E-state index in [1.807, 2.05) is 6.92 Å². The fourth-order valence-electron chi connectivity index (χ4n) is 4.18. The van der Waals surface area contributed by atoms with Crippen LogP contribution in [0.15, 0.2) is 42.5 Å². The van der Waals surface area contributed by atoms with Crippen LogP contribution < -0.4 is 5.32 Å². The van der Waals surface area contributed by atoms with Gasteiger partial charge in [0.25, 0.3) is 0 Å². The van der Waals surface area contributed by atoms with E-state index in [1.165, 1.54) is 18.6 Å². The highest BCUT2D eigenvalue weighted by atomic mass is 35.5. The van der Waals surface area contributed by atoms with Crippen molar-refractivity contribution in [2.75, 3.05) is 0 Å². The molecule has 32 heavy (non-hydrogen) atoms. The van der Waals surface area contributed by atoms with Crippen molar-refractivity contribution in [1.29, 1.82) is 0 Å². The van der Waals surface area contributed by atoms with Gasteiger partial charge in [0.1, 0.15) is 11.9 Å². The molecule has 4 nitrogen and oxygen atoms in total. The molecule has 0 bridgehead atoms. The number of amides is 2. The molecular formula is C25H29Cl2FN2O2. The summed E-state index contributed by atoms with van der Waals surface area (Å²) in [4.78, 5) is 28.1. The summed E-state index contributed by atoms with van der Waals surface area (Å²) in [5.74, 6) is -0.713. The molecule has 1 atom stereocenters. The lowest BCUT2D eigenvalue weighted by Gasteiger charge is -2.33. The van der Waals surface area contributed by atoms with Crippen molar-refractivity contribution in [1.82, 2.24) is 10.2 Å². The maximum absolute atomic E-state index is 13.4. The largest absolute Gasteiger partial charge is 0.352 e. The van der Waals surface area contributed by atoms with Crippen LogP contribution in [0.1, 0.15) is 56.6 Å². The van der Waals surface area contributed by atoms with E-state index in [4.69, 9.17) is 23.2 Å². The van der Waals surface area contributed by atoms with Crippen molar-refractivity contribution in [3.8, 4) is 0 Å². The van der Waals surface area contributed by atoms with E-state index in [2.05, 4.69) is 5.32 Å². The summed E-state index contributed by atoms with van der Waals surface area (Å²) in [5, 5.41) is 4.10. The van der Waals surface area contributed by atoms with E-state index in [9.17, 15) is 14.0 Å². The summed E-state index contributed by atoms with van der Waals surface area (Å²) in [6.07, 6.45) is 5.88. The second kappa shape index (κ2) is 11.7. The van der Waals surface area contributed by atoms with E-state index in [1.54, 1.807) is 35.2 Å². The zero-order valence-electron chi connectivity index (χ0n) is 18.3. The van der Waals surface area contributed by atoms with Gasteiger partial charge in [-0.15, -0.1) is 0 Å². The minimum atomic E-state index is -0.628. The smallest absolute Gasteiger partial charge is 0.243 e. The lowest BCUT2D eigenvalue weighted by molar-refractivity contribution is -0.141. The lowest BCUT2D eigenvalue weighted by atomic mass is 9.95. The first-order valence-electron chi connectivity index (χ1n) is 11.2. The molecule has 1 N–H and O–H groups in total. The standard InChI is InChI=1S/C25H29Cl2FN2O2/c1-2-23(25(32)29-21-6-4-3-5-7-21)30(16-18-10-11-19(26)15-22(18)27)24(31)14-17-8-12-20(28)13-9-17/h8-13,15,21,23H,2-7,14,16H2,1H3,(H,29,32). The average Bonchev–Trinajstić information content (AvgIpc) is 2.77. The van der Waals surface area contributed by atoms with Crippen LogP contribution in [0.3, 0.4) is 0 Å². The molecule has 2 amide bonds. The van der Waals surface area contributed by atoms with E-state index < -0.39 is 6.04 Å². The third kappa shape index (κ3) is 6.69. The number of nitrogens with zero attached hydrogens (tertiary/aromatic N) is 1. The fraction of sp³-hybridized carbons (Fsp3) is 0.440. The second-order valence-electron chi connectivity index (χ2n) is 8.33. The Balaban J connectivity index is 1.83. The molecule has 1 aliphatic carbocycles. The van der Waals surface area contributed by atoms with Gasteiger partial charge in [0, 0.05) is 22.6 Å². The first-order valence-corrected chi connectivity index (χ1v) is 11.9. The molecule has 1 fully saturated rings. The maximum Gasteiger partial charge on any atom is 0.243 e. The number of rotatable bonds is 8. The van der Waals surface area contributed by atoms with Crippen molar-refractivity contribution in [2.24, 2.45) is 0 Å². The Labute approximate surface area is 199 Å². The topological polar surface area (TPSA) is 49.4 Å². The van der Waals surface area contributed by atoms with Crippen LogP contribution in [0.2, 0.25) is 10.0 Å². The summed E-state index contributed by atoms with van der Waals surface area (Å²) in [6, 6.07) is 10.5. The number of benzene rings is 2. The Bertz CT molecular complexity index is 930. The Morgan fingerprint density at radius 1 is 1.09 bits per heavy atom. The van der Waals surface area contributed by atoms with Gasteiger partial charge in [-0.1, -0.05) is 67.6 Å². The highest BCUT2D eigenvalue weighted by Crippen LogP contribution is 2.25. The quantitative estimate of drug-likeness (QED) is 0.510. The normalized spacial score (nSPS) is 15.2. The highest BCUT2D eigenvalue weighted by molar-refractivity contribution is 6.35. The molecule has 0 aliphatic heterocycles. The predicted octanol–water partition coefficient (Wildman–Crippen LogP) is 5.93. The Morgan fingerprint density at radius 3 is 2.41 bits per heavy atom. The maximum atomic E-state index is 13.4. The predicted molar refractivity (Wildman–Crippen MR) is 126 cm³/mol. The van der Waals surface area contributed by atoms with Gasteiger partial charge in [-0.05, 0) is 54.7 Å². The summed E-state index contributed by atoms with van der Waals surface area (Å²) in [5.41, 5.74) is 1.40. The Kier molecular flexibility index (Phi) is 8.94. The van der Waals surface area contributed by atoms with Gasteiger partial charge in [0.05, 0.1) is 6.42 Å². The molecule has 7 heteroatoms.